The van der Waals surface area contributed by atoms with Crippen LogP contribution in [0.1, 0.15) is 11.1 Å². The number of aryl methyl sites for hydroxylation is 1. The molecule has 0 unspecified atom stereocenters. The van der Waals surface area contributed by atoms with E-state index < -0.39 is 5.63 Å². The van der Waals surface area contributed by atoms with E-state index in [9.17, 15) is 9.90 Å². The Bertz CT molecular complexity index is 572. The molecular weight excluding hydrogens is 216 g/mol. The summed E-state index contributed by atoms with van der Waals surface area (Å²) in [5, 5.41) is 10.4. The molecule has 0 aliphatic rings. The smallest absolute Gasteiger partial charge is 0.336 e. The fourth-order valence-corrected chi connectivity index (χ4v) is 1.71. The summed E-state index contributed by atoms with van der Waals surface area (Å²) in [6, 6.07) is 4.88. The van der Waals surface area contributed by atoms with Crippen LogP contribution in [-0.4, -0.2) is 5.11 Å². The maximum atomic E-state index is 11.2. The lowest BCUT2D eigenvalue weighted by Crippen LogP contribution is -1.99. The third-order valence-corrected chi connectivity index (χ3v) is 2.61. The number of alkyl halides is 1. The lowest BCUT2D eigenvalue weighted by molar-refractivity contribution is 0.453. The number of rotatable bonds is 1. The molecule has 3 nitrogen and oxygen atoms in total. The Balaban J connectivity index is 2.96. The Kier molecular flexibility index (Phi) is 2.40. The van der Waals surface area contributed by atoms with E-state index >= 15 is 0 Å². The predicted octanol–water partition coefficient (Wildman–Crippen LogP) is 2.55. The molecule has 0 amide bonds. The quantitative estimate of drug-likeness (QED) is 0.598. The average Bonchev–Trinajstić information content (AvgIpc) is 2.23. The molecule has 4 heteroatoms. The third-order valence-electron chi connectivity index (χ3n) is 2.32. The van der Waals surface area contributed by atoms with E-state index in [4.69, 9.17) is 16.0 Å². The van der Waals surface area contributed by atoms with Crippen molar-refractivity contribution in [3.05, 3.63) is 39.7 Å². The van der Waals surface area contributed by atoms with Gasteiger partial charge in [0.15, 0.2) is 11.3 Å². The van der Waals surface area contributed by atoms with Gasteiger partial charge in [-0.15, -0.1) is 11.6 Å². The molecule has 78 valence electrons. The van der Waals surface area contributed by atoms with Crippen LogP contribution in [0, 0.1) is 6.92 Å². The standard InChI is InChI=1S/C11H9ClO3/c1-6-2-3-8-7(5-12)4-9(13)15-11(8)10(6)14/h2-4,14H,5H2,1H3. The van der Waals surface area contributed by atoms with Gasteiger partial charge in [0.1, 0.15) is 0 Å². The van der Waals surface area contributed by atoms with Crippen molar-refractivity contribution in [2.24, 2.45) is 0 Å². The summed E-state index contributed by atoms with van der Waals surface area (Å²) in [4.78, 5) is 11.2. The van der Waals surface area contributed by atoms with Gasteiger partial charge in [-0.3, -0.25) is 0 Å². The van der Waals surface area contributed by atoms with Crippen molar-refractivity contribution in [3.8, 4) is 5.75 Å². The molecule has 2 aromatic rings. The fourth-order valence-electron chi connectivity index (χ4n) is 1.49. The van der Waals surface area contributed by atoms with Crippen molar-refractivity contribution in [2.45, 2.75) is 12.8 Å². The van der Waals surface area contributed by atoms with Crippen LogP contribution >= 0.6 is 11.6 Å². The lowest BCUT2D eigenvalue weighted by Gasteiger charge is -2.05. The molecule has 1 N–H and O–H groups in total. The number of halogens is 1. The van der Waals surface area contributed by atoms with Crippen LogP contribution in [0.5, 0.6) is 5.75 Å². The highest BCUT2D eigenvalue weighted by atomic mass is 35.5. The Morgan fingerprint density at radius 1 is 1.47 bits per heavy atom. The van der Waals surface area contributed by atoms with Crippen molar-refractivity contribution in [1.29, 1.82) is 0 Å². The van der Waals surface area contributed by atoms with Gasteiger partial charge >= 0.3 is 5.63 Å². The normalized spacial score (nSPS) is 10.8. The molecule has 0 atom stereocenters. The predicted molar refractivity (Wildman–Crippen MR) is 58.4 cm³/mol. The van der Waals surface area contributed by atoms with E-state index in [0.717, 1.165) is 0 Å². The Labute approximate surface area is 90.9 Å². The SMILES string of the molecule is Cc1ccc2c(CCl)cc(=O)oc2c1O. The highest BCUT2D eigenvalue weighted by Gasteiger charge is 2.10. The minimum absolute atomic E-state index is 0.00318. The summed E-state index contributed by atoms with van der Waals surface area (Å²) in [5.74, 6) is 0.210. The number of hydrogen-bond acceptors (Lipinski definition) is 3. The van der Waals surface area contributed by atoms with Gasteiger partial charge in [0, 0.05) is 17.3 Å². The molecule has 15 heavy (non-hydrogen) atoms. The molecule has 0 saturated heterocycles. The van der Waals surface area contributed by atoms with Crippen LogP contribution in [0.15, 0.2) is 27.4 Å². The van der Waals surface area contributed by atoms with Crippen molar-refractivity contribution in [1.82, 2.24) is 0 Å². The first-order valence-electron chi connectivity index (χ1n) is 4.44. The van der Waals surface area contributed by atoms with E-state index in [1.54, 1.807) is 19.1 Å². The van der Waals surface area contributed by atoms with E-state index in [-0.39, 0.29) is 17.2 Å². The molecule has 0 saturated carbocycles. The van der Waals surface area contributed by atoms with E-state index in [1.165, 1.54) is 6.07 Å². The maximum Gasteiger partial charge on any atom is 0.336 e. The maximum absolute atomic E-state index is 11.2. The van der Waals surface area contributed by atoms with Crippen molar-refractivity contribution in [2.75, 3.05) is 0 Å². The van der Waals surface area contributed by atoms with E-state index in [1.807, 2.05) is 0 Å². The van der Waals surface area contributed by atoms with Gasteiger partial charge in [0.25, 0.3) is 0 Å². The number of hydrogen-bond donors (Lipinski definition) is 1. The van der Waals surface area contributed by atoms with Crippen LogP contribution in [0.3, 0.4) is 0 Å². The summed E-state index contributed by atoms with van der Waals surface area (Å²) >= 11 is 5.71. The van der Waals surface area contributed by atoms with Crippen LogP contribution < -0.4 is 5.63 Å². The summed E-state index contributed by atoms with van der Waals surface area (Å²) in [6.07, 6.45) is 0. The van der Waals surface area contributed by atoms with Gasteiger partial charge in [-0.25, -0.2) is 4.79 Å². The molecule has 1 aromatic carbocycles. The van der Waals surface area contributed by atoms with Gasteiger partial charge in [0.05, 0.1) is 0 Å². The minimum atomic E-state index is -0.501. The summed E-state index contributed by atoms with van der Waals surface area (Å²) in [6.45, 7) is 1.74. The summed E-state index contributed by atoms with van der Waals surface area (Å²) in [5.41, 5.74) is 1.03. The van der Waals surface area contributed by atoms with Crippen molar-refractivity contribution >= 4 is 22.6 Å². The number of phenols is 1. The van der Waals surface area contributed by atoms with Crippen LogP contribution in [0.2, 0.25) is 0 Å². The molecule has 0 radical (unpaired) electrons. The van der Waals surface area contributed by atoms with Crippen LogP contribution in [0.4, 0.5) is 0 Å². The molecular formula is C11H9ClO3. The first-order valence-corrected chi connectivity index (χ1v) is 4.98. The van der Waals surface area contributed by atoms with Gasteiger partial charge in [-0.2, -0.15) is 0 Å². The summed E-state index contributed by atoms with van der Waals surface area (Å²) < 4.78 is 4.95. The molecule has 0 aliphatic heterocycles. The topological polar surface area (TPSA) is 50.4 Å². The van der Waals surface area contributed by atoms with Crippen molar-refractivity contribution in [3.63, 3.8) is 0 Å². The molecule has 1 aromatic heterocycles. The van der Waals surface area contributed by atoms with Gasteiger partial charge in [0.2, 0.25) is 0 Å². The van der Waals surface area contributed by atoms with Gasteiger partial charge in [-0.1, -0.05) is 12.1 Å². The molecule has 0 fully saturated rings. The second-order valence-corrected chi connectivity index (χ2v) is 3.60. The second-order valence-electron chi connectivity index (χ2n) is 3.33. The largest absolute Gasteiger partial charge is 0.504 e. The monoisotopic (exact) mass is 224 g/mol. The zero-order chi connectivity index (χ0) is 11.0. The zero-order valence-corrected chi connectivity index (χ0v) is 8.84. The fraction of sp³-hybridized carbons (Fsp3) is 0.182. The zero-order valence-electron chi connectivity index (χ0n) is 8.08. The third kappa shape index (κ3) is 1.59. The van der Waals surface area contributed by atoms with Crippen LogP contribution in [-0.2, 0) is 5.88 Å². The number of fused-ring (bicyclic) bond motifs is 1. The Morgan fingerprint density at radius 3 is 2.87 bits per heavy atom. The van der Waals surface area contributed by atoms with Crippen molar-refractivity contribution < 1.29 is 9.52 Å². The molecule has 0 spiro atoms. The Morgan fingerprint density at radius 2 is 2.20 bits per heavy atom. The van der Waals surface area contributed by atoms with E-state index in [0.29, 0.717) is 16.5 Å². The first-order chi connectivity index (χ1) is 7.13. The van der Waals surface area contributed by atoms with Gasteiger partial charge in [-0.05, 0) is 18.1 Å². The molecule has 0 bridgehead atoms. The Hall–Kier alpha value is -1.48. The second kappa shape index (κ2) is 3.59. The highest BCUT2D eigenvalue weighted by molar-refractivity contribution is 6.18. The summed E-state index contributed by atoms with van der Waals surface area (Å²) in [7, 11) is 0. The number of aromatic hydroxyl groups is 1. The number of phenolic OH excluding ortho intramolecular Hbond substituents is 1. The van der Waals surface area contributed by atoms with Crippen LogP contribution in [0.25, 0.3) is 11.0 Å². The first kappa shape index (κ1) is 10.1. The lowest BCUT2D eigenvalue weighted by atomic mass is 10.1. The minimum Gasteiger partial charge on any atom is -0.504 e. The molecule has 2 rings (SSSR count). The van der Waals surface area contributed by atoms with E-state index in [2.05, 4.69) is 0 Å². The number of benzene rings is 1. The average molecular weight is 225 g/mol. The molecule has 1 heterocycles. The van der Waals surface area contributed by atoms with Gasteiger partial charge < -0.3 is 9.52 Å². The molecule has 0 aliphatic carbocycles. The highest BCUT2D eigenvalue weighted by Crippen LogP contribution is 2.29.